The second-order valence-electron chi connectivity index (χ2n) is 5.25. The van der Waals surface area contributed by atoms with Crippen molar-refractivity contribution in [2.24, 2.45) is 5.92 Å². The first-order valence-electron chi connectivity index (χ1n) is 7.64. The molecule has 0 fully saturated rings. The Morgan fingerprint density at radius 3 is 2.24 bits per heavy atom. The Bertz CT molecular complexity index is 159. The molecule has 0 aliphatic carbocycles. The molecule has 0 aromatic carbocycles. The van der Waals surface area contributed by atoms with Crippen LogP contribution in [0.15, 0.2) is 0 Å². The van der Waals surface area contributed by atoms with Crippen LogP contribution >= 0.6 is 0 Å². The average molecular weight is 242 g/mol. The van der Waals surface area contributed by atoms with Crippen molar-refractivity contribution in [1.82, 2.24) is 10.2 Å². The summed E-state index contributed by atoms with van der Waals surface area (Å²) in [4.78, 5) is 2.67. The van der Waals surface area contributed by atoms with E-state index in [0.717, 1.165) is 25.0 Å². The van der Waals surface area contributed by atoms with E-state index in [2.05, 4.69) is 44.8 Å². The fourth-order valence-corrected chi connectivity index (χ4v) is 2.26. The van der Waals surface area contributed by atoms with Crippen LogP contribution in [0, 0.1) is 5.92 Å². The van der Waals surface area contributed by atoms with Crippen LogP contribution in [0.1, 0.15) is 60.3 Å². The summed E-state index contributed by atoms with van der Waals surface area (Å²) in [6, 6.07) is 0.727. The first-order valence-corrected chi connectivity index (χ1v) is 7.64. The summed E-state index contributed by atoms with van der Waals surface area (Å²) in [5, 5.41) is 3.58. The molecule has 0 bridgehead atoms. The normalized spacial score (nSPS) is 15.2. The van der Waals surface area contributed by atoms with E-state index in [1.807, 2.05) is 0 Å². The van der Waals surface area contributed by atoms with E-state index in [-0.39, 0.29) is 0 Å². The highest BCUT2D eigenvalue weighted by atomic mass is 15.2. The summed E-state index contributed by atoms with van der Waals surface area (Å²) in [6.07, 6.45) is 5.13. The topological polar surface area (TPSA) is 15.3 Å². The maximum Gasteiger partial charge on any atom is 0.0220 e. The minimum absolute atomic E-state index is 0.727. The molecule has 2 atom stereocenters. The van der Waals surface area contributed by atoms with Gasteiger partial charge in [0.15, 0.2) is 0 Å². The molecule has 17 heavy (non-hydrogen) atoms. The molecule has 0 aromatic rings. The van der Waals surface area contributed by atoms with Crippen LogP contribution in [0.3, 0.4) is 0 Å². The molecule has 0 aliphatic heterocycles. The number of hydrogen-bond acceptors (Lipinski definition) is 2. The number of nitrogens with one attached hydrogen (secondary N) is 1. The maximum absolute atomic E-state index is 3.58. The Morgan fingerprint density at radius 1 is 1.06 bits per heavy atom. The third-order valence-electron chi connectivity index (χ3n) is 3.59. The molecule has 0 amide bonds. The van der Waals surface area contributed by atoms with Crippen molar-refractivity contribution in [2.45, 2.75) is 66.3 Å². The van der Waals surface area contributed by atoms with Gasteiger partial charge in [0.25, 0.3) is 0 Å². The van der Waals surface area contributed by atoms with Gasteiger partial charge >= 0.3 is 0 Å². The molecule has 104 valence electrons. The Labute approximate surface area is 109 Å². The lowest BCUT2D eigenvalue weighted by Gasteiger charge is -2.33. The third kappa shape index (κ3) is 7.77. The molecule has 2 nitrogen and oxygen atoms in total. The van der Waals surface area contributed by atoms with E-state index in [4.69, 9.17) is 0 Å². The zero-order valence-electron chi connectivity index (χ0n) is 12.8. The maximum atomic E-state index is 3.58. The van der Waals surface area contributed by atoms with Gasteiger partial charge in [0, 0.05) is 19.1 Å². The second kappa shape index (κ2) is 11.0. The summed E-state index contributed by atoms with van der Waals surface area (Å²) in [6.45, 7) is 16.2. The van der Waals surface area contributed by atoms with Gasteiger partial charge in [-0.05, 0) is 31.8 Å². The molecule has 0 saturated carbocycles. The summed E-state index contributed by atoms with van der Waals surface area (Å²) in [5.41, 5.74) is 0. The van der Waals surface area contributed by atoms with Crippen molar-refractivity contribution in [2.75, 3.05) is 26.2 Å². The highest BCUT2D eigenvalue weighted by molar-refractivity contribution is 4.74. The largest absolute Gasteiger partial charge is 0.315 e. The minimum Gasteiger partial charge on any atom is -0.315 e. The Hall–Kier alpha value is -0.0800. The molecule has 0 spiro atoms. The predicted molar refractivity (Wildman–Crippen MR) is 78.6 cm³/mol. The summed E-state index contributed by atoms with van der Waals surface area (Å²) in [5.74, 6) is 0.820. The first kappa shape index (κ1) is 16.9. The number of nitrogens with zero attached hydrogens (tertiary/aromatic N) is 1. The zero-order chi connectivity index (χ0) is 13.1. The lowest BCUT2D eigenvalue weighted by atomic mass is 10.0. The summed E-state index contributed by atoms with van der Waals surface area (Å²) >= 11 is 0. The fraction of sp³-hybridized carbons (Fsp3) is 1.00. The first-order chi connectivity index (χ1) is 8.19. The van der Waals surface area contributed by atoms with Crippen LogP contribution < -0.4 is 5.32 Å². The molecular weight excluding hydrogens is 208 g/mol. The van der Waals surface area contributed by atoms with Crippen molar-refractivity contribution in [1.29, 1.82) is 0 Å². The molecule has 0 radical (unpaired) electrons. The third-order valence-corrected chi connectivity index (χ3v) is 3.59. The predicted octanol–water partition coefficient (Wildman–Crippen LogP) is 3.52. The van der Waals surface area contributed by atoms with E-state index < -0.39 is 0 Å². The Morgan fingerprint density at radius 2 is 1.76 bits per heavy atom. The van der Waals surface area contributed by atoms with Crippen LogP contribution in [0.25, 0.3) is 0 Å². The van der Waals surface area contributed by atoms with Crippen molar-refractivity contribution >= 4 is 0 Å². The van der Waals surface area contributed by atoms with Gasteiger partial charge in [-0.3, -0.25) is 4.90 Å². The lowest BCUT2D eigenvalue weighted by molar-refractivity contribution is 0.165. The fourth-order valence-electron chi connectivity index (χ4n) is 2.26. The van der Waals surface area contributed by atoms with E-state index in [1.54, 1.807) is 0 Å². The smallest absolute Gasteiger partial charge is 0.0220 e. The van der Waals surface area contributed by atoms with Crippen LogP contribution in [0.4, 0.5) is 0 Å². The molecule has 0 saturated heterocycles. The van der Waals surface area contributed by atoms with Crippen LogP contribution in [0.2, 0.25) is 0 Å². The highest BCUT2D eigenvalue weighted by Gasteiger charge is 2.17. The van der Waals surface area contributed by atoms with Crippen molar-refractivity contribution in [3.63, 3.8) is 0 Å². The van der Waals surface area contributed by atoms with Gasteiger partial charge in [0.1, 0.15) is 0 Å². The quantitative estimate of drug-likeness (QED) is 0.558. The SMILES string of the molecule is CCCNCC(CCC)N(CC)CC(C)CC. The molecule has 0 rings (SSSR count). The minimum atomic E-state index is 0.727. The van der Waals surface area contributed by atoms with Gasteiger partial charge in [0.2, 0.25) is 0 Å². The summed E-state index contributed by atoms with van der Waals surface area (Å²) in [7, 11) is 0. The monoisotopic (exact) mass is 242 g/mol. The van der Waals surface area contributed by atoms with Crippen LogP contribution in [-0.2, 0) is 0 Å². The van der Waals surface area contributed by atoms with E-state index >= 15 is 0 Å². The number of likely N-dealkylation sites (N-methyl/N-ethyl adjacent to an activating group) is 1. The van der Waals surface area contributed by atoms with Gasteiger partial charge in [-0.15, -0.1) is 0 Å². The van der Waals surface area contributed by atoms with Gasteiger partial charge in [-0.2, -0.15) is 0 Å². The van der Waals surface area contributed by atoms with E-state index in [1.165, 1.54) is 38.8 Å². The zero-order valence-corrected chi connectivity index (χ0v) is 12.8. The number of hydrogen-bond donors (Lipinski definition) is 1. The van der Waals surface area contributed by atoms with Crippen molar-refractivity contribution in [3.8, 4) is 0 Å². The summed E-state index contributed by atoms with van der Waals surface area (Å²) < 4.78 is 0. The molecular formula is C15H34N2. The molecule has 0 heterocycles. The molecule has 2 heteroatoms. The van der Waals surface area contributed by atoms with Crippen LogP contribution in [-0.4, -0.2) is 37.1 Å². The Kier molecular flexibility index (Phi) is 11.0. The molecule has 0 aromatic heterocycles. The van der Waals surface area contributed by atoms with Gasteiger partial charge in [-0.25, -0.2) is 0 Å². The van der Waals surface area contributed by atoms with Crippen molar-refractivity contribution < 1.29 is 0 Å². The second-order valence-corrected chi connectivity index (χ2v) is 5.25. The molecule has 1 N–H and O–H groups in total. The number of rotatable bonds is 11. The van der Waals surface area contributed by atoms with E-state index in [0.29, 0.717) is 0 Å². The van der Waals surface area contributed by atoms with E-state index in [9.17, 15) is 0 Å². The molecule has 2 unspecified atom stereocenters. The Balaban J connectivity index is 4.19. The van der Waals surface area contributed by atoms with Gasteiger partial charge in [0.05, 0.1) is 0 Å². The standard InChI is InChI=1S/C15H34N2/c1-6-10-15(12-16-11-7-2)17(9-4)13-14(5)8-3/h14-16H,6-13H2,1-5H3. The van der Waals surface area contributed by atoms with Crippen molar-refractivity contribution in [3.05, 3.63) is 0 Å². The van der Waals surface area contributed by atoms with Crippen LogP contribution in [0.5, 0.6) is 0 Å². The lowest BCUT2D eigenvalue weighted by Crippen LogP contribution is -2.44. The van der Waals surface area contributed by atoms with Gasteiger partial charge in [-0.1, -0.05) is 47.5 Å². The highest BCUT2D eigenvalue weighted by Crippen LogP contribution is 2.11. The average Bonchev–Trinajstić information content (AvgIpc) is 2.35. The van der Waals surface area contributed by atoms with Gasteiger partial charge < -0.3 is 5.32 Å². The molecule has 0 aliphatic rings.